The van der Waals surface area contributed by atoms with Crippen molar-refractivity contribution in [1.29, 1.82) is 0 Å². The molecule has 0 aromatic heterocycles. The van der Waals surface area contributed by atoms with Gasteiger partial charge in [-0.3, -0.25) is 0 Å². The van der Waals surface area contributed by atoms with Gasteiger partial charge in [-0.1, -0.05) is 33.8 Å². The van der Waals surface area contributed by atoms with Gasteiger partial charge in [0.05, 0.1) is 13.7 Å². The maximum Gasteiger partial charge on any atom is 0.161 e. The standard InChI is InChI=1S/C16H27NO2/c1-6-17-12-13-7-8-14(15(11-13)18-5)19-10-9-16(2,3)4/h7-8,11,17H,6,9-10,12H2,1-5H3. The molecule has 0 bridgehead atoms. The third-order valence-corrected chi connectivity index (χ3v) is 2.92. The van der Waals surface area contributed by atoms with Crippen LogP contribution in [0.2, 0.25) is 0 Å². The minimum absolute atomic E-state index is 0.290. The Hall–Kier alpha value is -1.22. The van der Waals surface area contributed by atoms with Gasteiger partial charge in [0.1, 0.15) is 0 Å². The molecular weight excluding hydrogens is 238 g/mol. The first-order chi connectivity index (χ1) is 8.96. The summed E-state index contributed by atoms with van der Waals surface area (Å²) in [6, 6.07) is 6.11. The van der Waals surface area contributed by atoms with E-state index in [1.165, 1.54) is 5.56 Å². The van der Waals surface area contributed by atoms with Gasteiger partial charge < -0.3 is 14.8 Å². The Bertz CT molecular complexity index is 383. The van der Waals surface area contributed by atoms with Gasteiger partial charge in [-0.15, -0.1) is 0 Å². The number of ether oxygens (including phenoxy) is 2. The lowest BCUT2D eigenvalue weighted by atomic mass is 9.93. The van der Waals surface area contributed by atoms with E-state index in [0.29, 0.717) is 6.61 Å². The van der Waals surface area contributed by atoms with E-state index in [2.05, 4.69) is 39.1 Å². The molecule has 1 aromatic carbocycles. The van der Waals surface area contributed by atoms with E-state index >= 15 is 0 Å². The third-order valence-electron chi connectivity index (χ3n) is 2.92. The lowest BCUT2D eigenvalue weighted by Crippen LogP contribution is -2.13. The first kappa shape index (κ1) is 15.8. The molecule has 0 amide bonds. The van der Waals surface area contributed by atoms with Crippen LogP contribution < -0.4 is 14.8 Å². The summed E-state index contributed by atoms with van der Waals surface area (Å²) in [5.41, 5.74) is 1.50. The molecule has 3 heteroatoms. The molecule has 0 fully saturated rings. The zero-order valence-electron chi connectivity index (χ0n) is 12.9. The van der Waals surface area contributed by atoms with Crippen LogP contribution in [0.4, 0.5) is 0 Å². The van der Waals surface area contributed by atoms with E-state index in [9.17, 15) is 0 Å². The molecule has 3 nitrogen and oxygen atoms in total. The second-order valence-corrected chi connectivity index (χ2v) is 5.92. The summed E-state index contributed by atoms with van der Waals surface area (Å²) in [7, 11) is 1.68. The fourth-order valence-corrected chi connectivity index (χ4v) is 1.68. The van der Waals surface area contributed by atoms with Crippen molar-refractivity contribution >= 4 is 0 Å². The van der Waals surface area contributed by atoms with Crippen LogP contribution in [0.5, 0.6) is 11.5 Å². The molecule has 0 aliphatic carbocycles. The van der Waals surface area contributed by atoms with Gasteiger partial charge in [-0.2, -0.15) is 0 Å². The summed E-state index contributed by atoms with van der Waals surface area (Å²) in [6.45, 7) is 11.3. The van der Waals surface area contributed by atoms with Crippen molar-refractivity contribution < 1.29 is 9.47 Å². The first-order valence-electron chi connectivity index (χ1n) is 6.96. The van der Waals surface area contributed by atoms with Crippen LogP contribution in [0, 0.1) is 5.41 Å². The highest BCUT2D eigenvalue weighted by Gasteiger charge is 2.11. The summed E-state index contributed by atoms with van der Waals surface area (Å²) >= 11 is 0. The first-order valence-corrected chi connectivity index (χ1v) is 6.96. The van der Waals surface area contributed by atoms with Crippen LogP contribution in [0.15, 0.2) is 18.2 Å². The maximum atomic E-state index is 5.82. The fraction of sp³-hybridized carbons (Fsp3) is 0.625. The predicted octanol–water partition coefficient (Wildman–Crippen LogP) is 3.62. The van der Waals surface area contributed by atoms with Gasteiger partial charge in [0.15, 0.2) is 11.5 Å². The molecule has 108 valence electrons. The predicted molar refractivity (Wildman–Crippen MR) is 79.9 cm³/mol. The molecule has 0 spiro atoms. The number of rotatable bonds is 7. The average molecular weight is 265 g/mol. The lowest BCUT2D eigenvalue weighted by molar-refractivity contribution is 0.234. The molecule has 0 aliphatic heterocycles. The molecule has 1 aromatic rings. The monoisotopic (exact) mass is 265 g/mol. The van der Waals surface area contributed by atoms with E-state index in [1.807, 2.05) is 12.1 Å². The van der Waals surface area contributed by atoms with Crippen LogP contribution >= 0.6 is 0 Å². The minimum Gasteiger partial charge on any atom is -0.493 e. The fourth-order valence-electron chi connectivity index (χ4n) is 1.68. The summed E-state index contributed by atoms with van der Waals surface area (Å²) in [6.07, 6.45) is 1.02. The number of benzene rings is 1. The van der Waals surface area contributed by atoms with Gasteiger partial charge >= 0.3 is 0 Å². The van der Waals surface area contributed by atoms with Gasteiger partial charge in [0.2, 0.25) is 0 Å². The Labute approximate surface area is 117 Å². The Morgan fingerprint density at radius 2 is 1.89 bits per heavy atom. The largest absolute Gasteiger partial charge is 0.493 e. The zero-order valence-corrected chi connectivity index (χ0v) is 12.9. The van der Waals surface area contributed by atoms with E-state index in [1.54, 1.807) is 7.11 Å². The smallest absolute Gasteiger partial charge is 0.161 e. The molecule has 19 heavy (non-hydrogen) atoms. The van der Waals surface area contributed by atoms with Crippen molar-refractivity contribution in [3.05, 3.63) is 23.8 Å². The van der Waals surface area contributed by atoms with Crippen LogP contribution in [-0.4, -0.2) is 20.3 Å². The highest BCUT2D eigenvalue weighted by Crippen LogP contribution is 2.29. The Morgan fingerprint density at radius 1 is 1.16 bits per heavy atom. The normalized spacial score (nSPS) is 11.4. The highest BCUT2D eigenvalue weighted by atomic mass is 16.5. The molecular formula is C16H27NO2. The van der Waals surface area contributed by atoms with E-state index < -0.39 is 0 Å². The maximum absolute atomic E-state index is 5.82. The van der Waals surface area contributed by atoms with Crippen molar-refractivity contribution in [2.45, 2.75) is 40.7 Å². The topological polar surface area (TPSA) is 30.5 Å². The molecule has 1 N–H and O–H groups in total. The Morgan fingerprint density at radius 3 is 2.47 bits per heavy atom. The zero-order chi connectivity index (χ0) is 14.3. The Balaban J connectivity index is 2.62. The van der Waals surface area contributed by atoms with Crippen molar-refractivity contribution in [1.82, 2.24) is 5.32 Å². The molecule has 0 radical (unpaired) electrons. The number of hydrogen-bond acceptors (Lipinski definition) is 3. The second-order valence-electron chi connectivity index (χ2n) is 5.92. The Kier molecular flexibility index (Phi) is 6.16. The molecule has 0 saturated carbocycles. The van der Waals surface area contributed by atoms with Gasteiger partial charge in [0, 0.05) is 6.54 Å². The highest BCUT2D eigenvalue weighted by molar-refractivity contribution is 5.42. The van der Waals surface area contributed by atoms with Crippen molar-refractivity contribution in [3.8, 4) is 11.5 Å². The van der Waals surface area contributed by atoms with Crippen LogP contribution in [0.25, 0.3) is 0 Å². The number of methoxy groups -OCH3 is 1. The van der Waals surface area contributed by atoms with E-state index in [-0.39, 0.29) is 5.41 Å². The average Bonchev–Trinajstić information content (AvgIpc) is 2.35. The van der Waals surface area contributed by atoms with Crippen LogP contribution in [-0.2, 0) is 6.54 Å². The van der Waals surface area contributed by atoms with Crippen molar-refractivity contribution in [2.75, 3.05) is 20.3 Å². The van der Waals surface area contributed by atoms with Gasteiger partial charge in [-0.25, -0.2) is 0 Å². The summed E-state index contributed by atoms with van der Waals surface area (Å²) in [5.74, 6) is 1.64. The minimum atomic E-state index is 0.290. The van der Waals surface area contributed by atoms with Crippen LogP contribution in [0.3, 0.4) is 0 Å². The number of nitrogens with one attached hydrogen (secondary N) is 1. The second kappa shape index (κ2) is 7.39. The van der Waals surface area contributed by atoms with Gasteiger partial charge in [-0.05, 0) is 36.1 Å². The summed E-state index contributed by atoms with van der Waals surface area (Å²) < 4.78 is 11.2. The SMILES string of the molecule is CCNCc1ccc(OCCC(C)(C)C)c(OC)c1. The molecule has 0 aliphatic rings. The molecule has 0 heterocycles. The van der Waals surface area contributed by atoms with Crippen molar-refractivity contribution in [3.63, 3.8) is 0 Å². The quantitative estimate of drug-likeness (QED) is 0.817. The van der Waals surface area contributed by atoms with E-state index in [4.69, 9.17) is 9.47 Å². The molecule has 0 saturated heterocycles. The van der Waals surface area contributed by atoms with Crippen LogP contribution in [0.1, 0.15) is 39.7 Å². The lowest BCUT2D eigenvalue weighted by Gasteiger charge is -2.19. The molecule has 0 unspecified atom stereocenters. The molecule has 1 rings (SSSR count). The molecule has 0 atom stereocenters. The van der Waals surface area contributed by atoms with Crippen molar-refractivity contribution in [2.24, 2.45) is 5.41 Å². The number of hydrogen-bond donors (Lipinski definition) is 1. The van der Waals surface area contributed by atoms with E-state index in [0.717, 1.165) is 31.0 Å². The van der Waals surface area contributed by atoms with Gasteiger partial charge in [0.25, 0.3) is 0 Å². The third kappa shape index (κ3) is 5.97. The summed E-state index contributed by atoms with van der Waals surface area (Å²) in [4.78, 5) is 0. The summed E-state index contributed by atoms with van der Waals surface area (Å²) in [5, 5.41) is 3.30.